The largest absolute Gasteiger partial charge is 0.478 e. The molecule has 0 aliphatic heterocycles. The molecular formula is C19H18N2O2. The average Bonchev–Trinajstić information content (AvgIpc) is 2.84. The Balaban J connectivity index is 1.83. The van der Waals surface area contributed by atoms with Crippen molar-refractivity contribution in [3.05, 3.63) is 65.5 Å². The van der Waals surface area contributed by atoms with Crippen molar-refractivity contribution in [3.8, 4) is 0 Å². The summed E-state index contributed by atoms with van der Waals surface area (Å²) in [6, 6.07) is 15.3. The first-order chi connectivity index (χ1) is 11.2. The summed E-state index contributed by atoms with van der Waals surface area (Å²) < 4.78 is 2.20. The van der Waals surface area contributed by atoms with Gasteiger partial charge in [-0.15, -0.1) is 0 Å². The second kappa shape index (κ2) is 5.54. The van der Waals surface area contributed by atoms with E-state index in [4.69, 9.17) is 4.98 Å². The third-order valence-electron chi connectivity index (χ3n) is 4.73. The highest BCUT2D eigenvalue weighted by atomic mass is 16.4. The Hall–Kier alpha value is -2.62. The Morgan fingerprint density at radius 1 is 1.13 bits per heavy atom. The number of carboxylic acids is 1. The van der Waals surface area contributed by atoms with Crippen LogP contribution in [-0.2, 0) is 6.54 Å². The van der Waals surface area contributed by atoms with Crippen molar-refractivity contribution in [1.29, 1.82) is 0 Å². The molecule has 1 N–H and O–H groups in total. The molecule has 4 rings (SSSR count). The number of para-hydroxylation sites is 2. The third kappa shape index (κ3) is 2.40. The van der Waals surface area contributed by atoms with Crippen LogP contribution < -0.4 is 0 Å². The third-order valence-corrected chi connectivity index (χ3v) is 4.73. The number of carboxylic acid groups (broad SMARTS) is 1. The first-order valence-corrected chi connectivity index (χ1v) is 8.00. The van der Waals surface area contributed by atoms with Gasteiger partial charge in [0, 0.05) is 5.92 Å². The van der Waals surface area contributed by atoms with Crippen LogP contribution in [0.3, 0.4) is 0 Å². The van der Waals surface area contributed by atoms with Crippen molar-refractivity contribution in [2.75, 3.05) is 0 Å². The molecule has 3 aromatic rings. The second-order valence-corrected chi connectivity index (χ2v) is 6.13. The standard InChI is InChI=1S/C19H18N2O2/c22-19(23)15-9-2-1-6-14(15)12-21-17-11-4-3-10-16(17)20-18(21)13-7-5-8-13/h1-4,6,9-11,13H,5,7-8,12H2,(H,22,23). The van der Waals surface area contributed by atoms with Gasteiger partial charge < -0.3 is 9.67 Å². The molecular weight excluding hydrogens is 288 g/mol. The zero-order valence-electron chi connectivity index (χ0n) is 12.8. The van der Waals surface area contributed by atoms with Gasteiger partial charge in [-0.2, -0.15) is 0 Å². The summed E-state index contributed by atoms with van der Waals surface area (Å²) in [6.07, 6.45) is 3.59. The van der Waals surface area contributed by atoms with Crippen molar-refractivity contribution in [2.45, 2.75) is 31.7 Å². The molecule has 4 heteroatoms. The van der Waals surface area contributed by atoms with Crippen LogP contribution in [0.15, 0.2) is 48.5 Å². The molecule has 0 bridgehead atoms. The van der Waals surface area contributed by atoms with Gasteiger partial charge in [-0.05, 0) is 36.6 Å². The Morgan fingerprint density at radius 3 is 2.61 bits per heavy atom. The molecule has 0 atom stereocenters. The molecule has 0 saturated heterocycles. The fraction of sp³-hybridized carbons (Fsp3) is 0.263. The maximum absolute atomic E-state index is 11.5. The van der Waals surface area contributed by atoms with Crippen LogP contribution in [0.1, 0.15) is 46.9 Å². The summed E-state index contributed by atoms with van der Waals surface area (Å²) in [5, 5.41) is 9.42. The fourth-order valence-electron chi connectivity index (χ4n) is 3.28. The Bertz CT molecular complexity index is 878. The van der Waals surface area contributed by atoms with E-state index in [0.29, 0.717) is 18.0 Å². The number of aromatic nitrogens is 2. The summed E-state index contributed by atoms with van der Waals surface area (Å²) in [7, 11) is 0. The van der Waals surface area contributed by atoms with E-state index >= 15 is 0 Å². The van der Waals surface area contributed by atoms with E-state index in [1.165, 1.54) is 19.3 Å². The summed E-state index contributed by atoms with van der Waals surface area (Å²) >= 11 is 0. The molecule has 0 spiro atoms. The highest BCUT2D eigenvalue weighted by Gasteiger charge is 2.26. The number of nitrogens with zero attached hydrogens (tertiary/aromatic N) is 2. The van der Waals surface area contributed by atoms with Crippen LogP contribution in [0.25, 0.3) is 11.0 Å². The number of benzene rings is 2. The molecule has 23 heavy (non-hydrogen) atoms. The predicted molar refractivity (Wildman–Crippen MR) is 88.8 cm³/mol. The number of rotatable bonds is 4. The smallest absolute Gasteiger partial charge is 0.336 e. The molecule has 1 fully saturated rings. The molecule has 116 valence electrons. The summed E-state index contributed by atoms with van der Waals surface area (Å²) in [4.78, 5) is 16.3. The number of imidazole rings is 1. The van der Waals surface area contributed by atoms with Crippen LogP contribution >= 0.6 is 0 Å². The highest BCUT2D eigenvalue weighted by Crippen LogP contribution is 2.37. The van der Waals surface area contributed by atoms with Crippen LogP contribution in [0.4, 0.5) is 0 Å². The van der Waals surface area contributed by atoms with Gasteiger partial charge in [0.25, 0.3) is 0 Å². The Labute approximate surface area is 134 Å². The summed E-state index contributed by atoms with van der Waals surface area (Å²) in [5.74, 6) is 0.715. The molecule has 4 nitrogen and oxygen atoms in total. The molecule has 0 amide bonds. The van der Waals surface area contributed by atoms with Gasteiger partial charge in [0.2, 0.25) is 0 Å². The summed E-state index contributed by atoms with van der Waals surface area (Å²) in [6.45, 7) is 0.550. The average molecular weight is 306 g/mol. The number of hydrogen-bond donors (Lipinski definition) is 1. The zero-order chi connectivity index (χ0) is 15.8. The molecule has 0 unspecified atom stereocenters. The van der Waals surface area contributed by atoms with Crippen molar-refractivity contribution >= 4 is 17.0 Å². The SMILES string of the molecule is O=C(O)c1ccccc1Cn1c(C2CCC2)nc2ccccc21. The number of fused-ring (bicyclic) bond motifs is 1. The second-order valence-electron chi connectivity index (χ2n) is 6.13. The van der Waals surface area contributed by atoms with E-state index in [1.807, 2.05) is 30.3 Å². The first-order valence-electron chi connectivity index (χ1n) is 8.00. The Kier molecular flexibility index (Phi) is 3.37. The van der Waals surface area contributed by atoms with Gasteiger partial charge >= 0.3 is 5.97 Å². The van der Waals surface area contributed by atoms with Crippen LogP contribution in [-0.4, -0.2) is 20.6 Å². The molecule has 1 heterocycles. The number of aromatic carboxylic acids is 1. The van der Waals surface area contributed by atoms with Crippen LogP contribution in [0.5, 0.6) is 0 Å². The number of hydrogen-bond acceptors (Lipinski definition) is 2. The minimum absolute atomic E-state index is 0.366. The maximum Gasteiger partial charge on any atom is 0.336 e. The van der Waals surface area contributed by atoms with E-state index < -0.39 is 5.97 Å². The van der Waals surface area contributed by atoms with Crippen molar-refractivity contribution in [3.63, 3.8) is 0 Å². The zero-order valence-corrected chi connectivity index (χ0v) is 12.8. The van der Waals surface area contributed by atoms with Gasteiger partial charge in [-0.3, -0.25) is 0 Å². The quantitative estimate of drug-likeness (QED) is 0.791. The monoisotopic (exact) mass is 306 g/mol. The van der Waals surface area contributed by atoms with Crippen LogP contribution in [0, 0.1) is 0 Å². The topological polar surface area (TPSA) is 55.1 Å². The molecule has 1 aliphatic carbocycles. The van der Waals surface area contributed by atoms with E-state index in [2.05, 4.69) is 10.6 Å². The molecule has 1 aliphatic rings. The fourth-order valence-corrected chi connectivity index (χ4v) is 3.28. The maximum atomic E-state index is 11.5. The van der Waals surface area contributed by atoms with Crippen molar-refractivity contribution in [2.24, 2.45) is 0 Å². The lowest BCUT2D eigenvalue weighted by Gasteiger charge is -2.26. The van der Waals surface area contributed by atoms with Gasteiger partial charge in [-0.25, -0.2) is 9.78 Å². The molecule has 2 aromatic carbocycles. The van der Waals surface area contributed by atoms with Gasteiger partial charge in [0.05, 0.1) is 23.1 Å². The lowest BCUT2D eigenvalue weighted by atomic mass is 9.85. The minimum atomic E-state index is -0.879. The highest BCUT2D eigenvalue weighted by molar-refractivity contribution is 5.89. The lowest BCUT2D eigenvalue weighted by Crippen LogP contribution is -2.17. The first kappa shape index (κ1) is 14.0. The minimum Gasteiger partial charge on any atom is -0.478 e. The van der Waals surface area contributed by atoms with E-state index in [1.54, 1.807) is 12.1 Å². The number of carbonyl (C=O) groups is 1. The molecule has 1 aromatic heterocycles. The van der Waals surface area contributed by atoms with Crippen molar-refractivity contribution in [1.82, 2.24) is 9.55 Å². The van der Waals surface area contributed by atoms with Crippen LogP contribution in [0.2, 0.25) is 0 Å². The molecule has 1 saturated carbocycles. The van der Waals surface area contributed by atoms with Gasteiger partial charge in [0.15, 0.2) is 0 Å². The van der Waals surface area contributed by atoms with Gasteiger partial charge in [0.1, 0.15) is 5.82 Å². The van der Waals surface area contributed by atoms with Gasteiger partial charge in [-0.1, -0.05) is 36.8 Å². The lowest BCUT2D eigenvalue weighted by molar-refractivity contribution is 0.0695. The van der Waals surface area contributed by atoms with E-state index in [9.17, 15) is 9.90 Å². The van der Waals surface area contributed by atoms with E-state index in [0.717, 1.165) is 22.4 Å². The summed E-state index contributed by atoms with van der Waals surface area (Å²) in [5.41, 5.74) is 3.25. The van der Waals surface area contributed by atoms with E-state index in [-0.39, 0.29) is 0 Å². The normalized spacial score (nSPS) is 14.8. The Morgan fingerprint density at radius 2 is 1.87 bits per heavy atom. The van der Waals surface area contributed by atoms with Crippen molar-refractivity contribution < 1.29 is 9.90 Å². The predicted octanol–water partition coefficient (Wildman–Crippen LogP) is 4.05. The molecule has 0 radical (unpaired) electrons.